The third-order valence-corrected chi connectivity index (χ3v) is 3.80. The molecular weight excluding hydrogens is 254 g/mol. The van der Waals surface area contributed by atoms with E-state index >= 15 is 0 Å². The molecule has 1 aliphatic heterocycles. The Morgan fingerprint density at radius 3 is 2.80 bits per heavy atom. The van der Waals surface area contributed by atoms with Crippen molar-refractivity contribution >= 4 is 21.6 Å². The Bertz CT molecular complexity index is 361. The third kappa shape index (κ3) is 1.85. The summed E-state index contributed by atoms with van der Waals surface area (Å²) in [4.78, 5) is 0. The molecule has 15 heavy (non-hydrogen) atoms. The van der Waals surface area contributed by atoms with Crippen molar-refractivity contribution in [1.82, 2.24) is 0 Å². The Labute approximate surface area is 99.1 Å². The van der Waals surface area contributed by atoms with Crippen LogP contribution in [0, 0.1) is 0 Å². The normalized spacial score (nSPS) is 17.5. The second-order valence-electron chi connectivity index (χ2n) is 3.96. The number of halogens is 1. The average Bonchev–Trinajstić information content (AvgIpc) is 2.29. The lowest BCUT2D eigenvalue weighted by molar-refractivity contribution is 0.0661. The summed E-state index contributed by atoms with van der Waals surface area (Å²) in [6.45, 7) is 5.24. The van der Waals surface area contributed by atoms with E-state index in [1.165, 1.54) is 0 Å². The molecule has 1 N–H and O–H groups in total. The lowest BCUT2D eigenvalue weighted by Gasteiger charge is -2.38. The van der Waals surface area contributed by atoms with Crippen molar-refractivity contribution in [2.24, 2.45) is 0 Å². The molecule has 0 amide bonds. The molecule has 0 unspecified atom stereocenters. The number of ether oxygens (including phenoxy) is 1. The van der Waals surface area contributed by atoms with Gasteiger partial charge in [-0.1, -0.05) is 19.9 Å². The molecule has 0 radical (unpaired) electrons. The molecule has 0 saturated carbocycles. The average molecular weight is 270 g/mol. The van der Waals surface area contributed by atoms with Crippen LogP contribution in [0.5, 0.6) is 5.75 Å². The SMILES string of the molecule is CCC1(CC)CNc2cccc(Br)c2O1. The maximum atomic E-state index is 6.14. The van der Waals surface area contributed by atoms with Crippen molar-refractivity contribution in [3.05, 3.63) is 22.7 Å². The smallest absolute Gasteiger partial charge is 0.157 e. The monoisotopic (exact) mass is 269 g/mol. The number of hydrogen-bond acceptors (Lipinski definition) is 2. The number of hydrogen-bond donors (Lipinski definition) is 1. The van der Waals surface area contributed by atoms with E-state index in [1.54, 1.807) is 0 Å². The molecule has 1 heterocycles. The van der Waals surface area contributed by atoms with Gasteiger partial charge in [0.1, 0.15) is 5.60 Å². The molecule has 1 aromatic rings. The van der Waals surface area contributed by atoms with Gasteiger partial charge in [-0.2, -0.15) is 0 Å². The van der Waals surface area contributed by atoms with Gasteiger partial charge in [-0.05, 0) is 40.9 Å². The molecule has 82 valence electrons. The second-order valence-corrected chi connectivity index (χ2v) is 4.82. The highest BCUT2D eigenvalue weighted by Gasteiger charge is 2.33. The zero-order valence-electron chi connectivity index (χ0n) is 9.14. The van der Waals surface area contributed by atoms with Crippen molar-refractivity contribution in [1.29, 1.82) is 0 Å². The lowest BCUT2D eigenvalue weighted by Crippen LogP contribution is -2.44. The van der Waals surface area contributed by atoms with Crippen molar-refractivity contribution in [2.45, 2.75) is 32.3 Å². The minimum absolute atomic E-state index is 0.0448. The predicted octanol–water partition coefficient (Wildman–Crippen LogP) is 3.81. The quantitative estimate of drug-likeness (QED) is 0.882. The fourth-order valence-corrected chi connectivity index (χ4v) is 2.35. The van der Waals surface area contributed by atoms with Gasteiger partial charge in [0.2, 0.25) is 0 Å². The summed E-state index contributed by atoms with van der Waals surface area (Å²) >= 11 is 3.53. The number of benzene rings is 1. The Hall–Kier alpha value is -0.700. The molecule has 0 spiro atoms. The molecule has 0 fully saturated rings. The summed E-state index contributed by atoms with van der Waals surface area (Å²) in [6.07, 6.45) is 2.05. The summed E-state index contributed by atoms with van der Waals surface area (Å²) in [6, 6.07) is 6.08. The fraction of sp³-hybridized carbons (Fsp3) is 0.500. The van der Waals surface area contributed by atoms with Crippen LogP contribution in [0.25, 0.3) is 0 Å². The third-order valence-electron chi connectivity index (χ3n) is 3.18. The van der Waals surface area contributed by atoms with Gasteiger partial charge in [-0.15, -0.1) is 0 Å². The summed E-state index contributed by atoms with van der Waals surface area (Å²) in [5, 5.41) is 3.44. The first-order chi connectivity index (χ1) is 7.21. The minimum atomic E-state index is -0.0448. The Morgan fingerprint density at radius 1 is 1.40 bits per heavy atom. The first-order valence-corrected chi connectivity index (χ1v) is 6.21. The van der Waals surface area contributed by atoms with E-state index < -0.39 is 0 Å². The number of rotatable bonds is 2. The van der Waals surface area contributed by atoms with Crippen LogP contribution in [-0.4, -0.2) is 12.1 Å². The summed E-state index contributed by atoms with van der Waals surface area (Å²) in [5.41, 5.74) is 1.04. The molecule has 0 atom stereocenters. The van der Waals surface area contributed by atoms with Crippen LogP contribution in [-0.2, 0) is 0 Å². The van der Waals surface area contributed by atoms with Gasteiger partial charge in [0.05, 0.1) is 16.7 Å². The first-order valence-electron chi connectivity index (χ1n) is 5.42. The van der Waals surface area contributed by atoms with Crippen molar-refractivity contribution in [3.8, 4) is 5.75 Å². The first kappa shape index (κ1) is 10.8. The van der Waals surface area contributed by atoms with Crippen LogP contribution in [0.1, 0.15) is 26.7 Å². The number of para-hydroxylation sites is 1. The fourth-order valence-electron chi connectivity index (χ4n) is 1.91. The van der Waals surface area contributed by atoms with Gasteiger partial charge in [0.15, 0.2) is 5.75 Å². The molecule has 0 aliphatic carbocycles. The molecule has 0 aromatic heterocycles. The highest BCUT2D eigenvalue weighted by molar-refractivity contribution is 9.10. The second kappa shape index (κ2) is 4.05. The predicted molar refractivity (Wildman–Crippen MR) is 66.6 cm³/mol. The summed E-state index contributed by atoms with van der Waals surface area (Å²) in [5.74, 6) is 0.951. The van der Waals surface area contributed by atoms with E-state index in [0.717, 1.165) is 35.3 Å². The lowest BCUT2D eigenvalue weighted by atomic mass is 9.95. The van der Waals surface area contributed by atoms with Crippen molar-refractivity contribution in [2.75, 3.05) is 11.9 Å². The van der Waals surface area contributed by atoms with E-state index in [9.17, 15) is 0 Å². The molecule has 2 rings (SSSR count). The zero-order valence-corrected chi connectivity index (χ0v) is 10.7. The maximum absolute atomic E-state index is 6.14. The van der Waals surface area contributed by atoms with Crippen LogP contribution < -0.4 is 10.1 Å². The number of anilines is 1. The van der Waals surface area contributed by atoms with E-state index in [1.807, 2.05) is 12.1 Å². The van der Waals surface area contributed by atoms with Crippen LogP contribution in [0.4, 0.5) is 5.69 Å². The Morgan fingerprint density at radius 2 is 2.13 bits per heavy atom. The largest absolute Gasteiger partial charge is 0.482 e. The van der Waals surface area contributed by atoms with Crippen LogP contribution in [0.15, 0.2) is 22.7 Å². The maximum Gasteiger partial charge on any atom is 0.157 e. The van der Waals surface area contributed by atoms with Crippen LogP contribution in [0.2, 0.25) is 0 Å². The molecule has 2 nitrogen and oxygen atoms in total. The molecule has 3 heteroatoms. The standard InChI is InChI=1S/C12H16BrNO/c1-3-12(4-2)8-14-10-7-5-6-9(13)11(10)15-12/h5-7,14H,3-4,8H2,1-2H3. The van der Waals surface area contributed by atoms with Crippen molar-refractivity contribution < 1.29 is 4.74 Å². The zero-order chi connectivity index (χ0) is 10.9. The van der Waals surface area contributed by atoms with E-state index in [0.29, 0.717) is 0 Å². The van der Waals surface area contributed by atoms with E-state index in [-0.39, 0.29) is 5.60 Å². The summed E-state index contributed by atoms with van der Waals surface area (Å²) in [7, 11) is 0. The minimum Gasteiger partial charge on any atom is -0.482 e. The van der Waals surface area contributed by atoms with Gasteiger partial charge in [-0.3, -0.25) is 0 Å². The van der Waals surface area contributed by atoms with E-state index in [2.05, 4.69) is 41.2 Å². The number of fused-ring (bicyclic) bond motifs is 1. The van der Waals surface area contributed by atoms with Gasteiger partial charge in [0.25, 0.3) is 0 Å². The summed E-state index contributed by atoms with van der Waals surface area (Å²) < 4.78 is 7.17. The molecular formula is C12H16BrNO. The molecule has 0 bridgehead atoms. The topological polar surface area (TPSA) is 21.3 Å². The molecule has 0 saturated heterocycles. The van der Waals surface area contributed by atoms with Crippen molar-refractivity contribution in [3.63, 3.8) is 0 Å². The van der Waals surface area contributed by atoms with Crippen LogP contribution >= 0.6 is 15.9 Å². The van der Waals surface area contributed by atoms with Gasteiger partial charge in [0, 0.05) is 0 Å². The molecule has 1 aliphatic rings. The Kier molecular flexibility index (Phi) is 2.91. The Balaban J connectivity index is 2.36. The highest BCUT2D eigenvalue weighted by atomic mass is 79.9. The van der Waals surface area contributed by atoms with E-state index in [4.69, 9.17) is 4.74 Å². The molecule has 1 aromatic carbocycles. The van der Waals surface area contributed by atoms with Crippen LogP contribution in [0.3, 0.4) is 0 Å². The number of nitrogens with one attached hydrogen (secondary N) is 1. The van der Waals surface area contributed by atoms with Gasteiger partial charge >= 0.3 is 0 Å². The van der Waals surface area contributed by atoms with Gasteiger partial charge in [-0.25, -0.2) is 0 Å². The highest BCUT2D eigenvalue weighted by Crippen LogP contribution is 2.40. The van der Waals surface area contributed by atoms with Gasteiger partial charge < -0.3 is 10.1 Å².